The SMILES string of the molecule is CN1C2CCCC1CC(NCCC(N)=O)C2. The average Bonchev–Trinajstić information content (AvgIpc) is 2.18. The van der Waals surface area contributed by atoms with Crippen LogP contribution in [0.4, 0.5) is 0 Å². The number of carbonyl (C=O) groups is 1. The van der Waals surface area contributed by atoms with E-state index in [1.807, 2.05) is 0 Å². The lowest BCUT2D eigenvalue weighted by atomic mass is 9.82. The third-order valence-corrected chi connectivity index (χ3v) is 4.14. The van der Waals surface area contributed by atoms with E-state index in [9.17, 15) is 4.79 Å². The van der Waals surface area contributed by atoms with Crippen molar-refractivity contribution in [2.45, 2.75) is 56.7 Å². The normalized spacial score (nSPS) is 34.9. The third-order valence-electron chi connectivity index (χ3n) is 4.14. The van der Waals surface area contributed by atoms with E-state index in [0.29, 0.717) is 12.5 Å². The van der Waals surface area contributed by atoms with Gasteiger partial charge < -0.3 is 16.0 Å². The van der Waals surface area contributed by atoms with Crippen LogP contribution in [0.15, 0.2) is 0 Å². The van der Waals surface area contributed by atoms with Gasteiger partial charge in [0.05, 0.1) is 0 Å². The van der Waals surface area contributed by atoms with Gasteiger partial charge in [0, 0.05) is 31.1 Å². The summed E-state index contributed by atoms with van der Waals surface area (Å²) in [5.41, 5.74) is 5.13. The highest BCUT2D eigenvalue weighted by molar-refractivity contribution is 5.73. The fourth-order valence-electron chi connectivity index (χ4n) is 3.18. The van der Waals surface area contributed by atoms with E-state index in [-0.39, 0.29) is 5.91 Å². The number of rotatable bonds is 4. The topological polar surface area (TPSA) is 58.4 Å². The van der Waals surface area contributed by atoms with Gasteiger partial charge in [-0.3, -0.25) is 4.79 Å². The van der Waals surface area contributed by atoms with Crippen LogP contribution in [-0.4, -0.2) is 42.5 Å². The molecule has 0 radical (unpaired) electrons. The number of carbonyl (C=O) groups excluding carboxylic acids is 1. The first-order valence-electron chi connectivity index (χ1n) is 6.40. The highest BCUT2D eigenvalue weighted by Crippen LogP contribution is 2.32. The number of piperidine rings is 2. The van der Waals surface area contributed by atoms with Gasteiger partial charge in [-0.05, 0) is 32.7 Å². The van der Waals surface area contributed by atoms with E-state index in [2.05, 4.69) is 17.3 Å². The van der Waals surface area contributed by atoms with E-state index < -0.39 is 0 Å². The number of nitrogens with zero attached hydrogens (tertiary/aromatic N) is 1. The van der Waals surface area contributed by atoms with Crippen molar-refractivity contribution in [2.75, 3.05) is 13.6 Å². The van der Waals surface area contributed by atoms with Crippen LogP contribution in [-0.2, 0) is 4.79 Å². The summed E-state index contributed by atoms with van der Waals surface area (Å²) < 4.78 is 0. The maximum Gasteiger partial charge on any atom is 0.218 e. The zero-order chi connectivity index (χ0) is 11.5. The Balaban J connectivity index is 1.78. The van der Waals surface area contributed by atoms with E-state index in [1.165, 1.54) is 32.1 Å². The van der Waals surface area contributed by atoms with Crippen LogP contribution < -0.4 is 11.1 Å². The van der Waals surface area contributed by atoms with Crippen LogP contribution in [0.3, 0.4) is 0 Å². The van der Waals surface area contributed by atoms with Crippen LogP contribution in [0.1, 0.15) is 38.5 Å². The second kappa shape index (κ2) is 5.15. The van der Waals surface area contributed by atoms with Crippen LogP contribution in [0.5, 0.6) is 0 Å². The maximum atomic E-state index is 10.7. The molecule has 2 atom stereocenters. The minimum atomic E-state index is -0.208. The smallest absolute Gasteiger partial charge is 0.218 e. The molecule has 3 N–H and O–H groups in total. The van der Waals surface area contributed by atoms with Gasteiger partial charge in [0.1, 0.15) is 0 Å². The Bertz CT molecular complexity index is 243. The maximum absolute atomic E-state index is 10.7. The summed E-state index contributed by atoms with van der Waals surface area (Å²) in [7, 11) is 2.26. The molecule has 2 saturated heterocycles. The molecule has 4 nitrogen and oxygen atoms in total. The highest BCUT2D eigenvalue weighted by Gasteiger charge is 2.35. The van der Waals surface area contributed by atoms with Gasteiger partial charge in [0.2, 0.25) is 5.91 Å². The minimum Gasteiger partial charge on any atom is -0.370 e. The second-order valence-electron chi connectivity index (χ2n) is 5.24. The molecule has 0 spiro atoms. The van der Waals surface area contributed by atoms with Gasteiger partial charge in [-0.2, -0.15) is 0 Å². The number of primary amides is 1. The number of hydrogen-bond acceptors (Lipinski definition) is 3. The van der Waals surface area contributed by atoms with Gasteiger partial charge in [-0.25, -0.2) is 0 Å². The Labute approximate surface area is 97.6 Å². The monoisotopic (exact) mass is 225 g/mol. The Morgan fingerprint density at radius 1 is 1.38 bits per heavy atom. The molecule has 2 heterocycles. The predicted molar refractivity (Wildman–Crippen MR) is 64.0 cm³/mol. The van der Waals surface area contributed by atoms with Gasteiger partial charge >= 0.3 is 0 Å². The number of nitrogens with one attached hydrogen (secondary N) is 1. The third kappa shape index (κ3) is 2.74. The van der Waals surface area contributed by atoms with Crippen molar-refractivity contribution in [3.8, 4) is 0 Å². The molecule has 0 aromatic heterocycles. The van der Waals surface area contributed by atoms with Crippen molar-refractivity contribution >= 4 is 5.91 Å². The van der Waals surface area contributed by atoms with Crippen LogP contribution in [0.25, 0.3) is 0 Å². The summed E-state index contributed by atoms with van der Waals surface area (Å²) in [6.45, 7) is 0.739. The van der Waals surface area contributed by atoms with Crippen molar-refractivity contribution in [1.82, 2.24) is 10.2 Å². The first-order chi connectivity index (χ1) is 7.66. The minimum absolute atomic E-state index is 0.208. The van der Waals surface area contributed by atoms with Crippen LogP contribution in [0, 0.1) is 0 Å². The highest BCUT2D eigenvalue weighted by atomic mass is 16.1. The average molecular weight is 225 g/mol. The van der Waals surface area contributed by atoms with E-state index in [0.717, 1.165) is 18.6 Å². The summed E-state index contributed by atoms with van der Waals surface area (Å²) >= 11 is 0. The van der Waals surface area contributed by atoms with Crippen molar-refractivity contribution in [2.24, 2.45) is 5.73 Å². The number of amides is 1. The van der Waals surface area contributed by atoms with Crippen molar-refractivity contribution < 1.29 is 4.79 Å². The zero-order valence-corrected chi connectivity index (χ0v) is 10.1. The van der Waals surface area contributed by atoms with Crippen LogP contribution in [0.2, 0.25) is 0 Å². The lowest BCUT2D eigenvalue weighted by Gasteiger charge is -2.47. The second-order valence-corrected chi connectivity index (χ2v) is 5.24. The lowest BCUT2D eigenvalue weighted by Crippen LogP contribution is -2.54. The number of hydrogen-bond donors (Lipinski definition) is 2. The summed E-state index contributed by atoms with van der Waals surface area (Å²) in [5.74, 6) is -0.208. The molecular formula is C12H23N3O. The van der Waals surface area contributed by atoms with Gasteiger partial charge in [0.25, 0.3) is 0 Å². The van der Waals surface area contributed by atoms with Crippen molar-refractivity contribution in [3.05, 3.63) is 0 Å². The summed E-state index contributed by atoms with van der Waals surface area (Å²) in [6.07, 6.45) is 6.97. The lowest BCUT2D eigenvalue weighted by molar-refractivity contribution is -0.117. The fourth-order valence-corrected chi connectivity index (χ4v) is 3.18. The van der Waals surface area contributed by atoms with Crippen LogP contribution >= 0.6 is 0 Å². The fraction of sp³-hybridized carbons (Fsp3) is 0.917. The first kappa shape index (κ1) is 11.9. The number of nitrogens with two attached hydrogens (primary N) is 1. The molecule has 0 aromatic rings. The molecule has 2 unspecified atom stereocenters. The molecule has 92 valence electrons. The zero-order valence-electron chi connectivity index (χ0n) is 10.1. The van der Waals surface area contributed by atoms with Gasteiger partial charge in [0.15, 0.2) is 0 Å². The number of fused-ring (bicyclic) bond motifs is 2. The summed E-state index contributed by atoms with van der Waals surface area (Å²) in [5, 5.41) is 3.47. The Kier molecular flexibility index (Phi) is 3.82. The predicted octanol–water partition coefficient (Wildman–Crippen LogP) is 0.467. The molecule has 2 rings (SSSR count). The van der Waals surface area contributed by atoms with Crippen molar-refractivity contribution in [3.63, 3.8) is 0 Å². The molecule has 2 aliphatic rings. The Morgan fingerprint density at radius 3 is 2.56 bits per heavy atom. The molecule has 2 bridgehead atoms. The molecule has 2 aliphatic heterocycles. The first-order valence-corrected chi connectivity index (χ1v) is 6.40. The standard InChI is InChI=1S/C12H23N3O/c1-15-10-3-2-4-11(15)8-9(7-10)14-6-5-12(13)16/h9-11,14H,2-8H2,1H3,(H2,13,16). The molecule has 0 saturated carbocycles. The summed E-state index contributed by atoms with van der Waals surface area (Å²) in [6, 6.07) is 2.09. The Morgan fingerprint density at radius 2 is 2.00 bits per heavy atom. The molecular weight excluding hydrogens is 202 g/mol. The molecule has 4 heteroatoms. The molecule has 0 aliphatic carbocycles. The van der Waals surface area contributed by atoms with E-state index >= 15 is 0 Å². The molecule has 2 fully saturated rings. The summed E-state index contributed by atoms with van der Waals surface area (Å²) in [4.78, 5) is 13.2. The van der Waals surface area contributed by atoms with Gasteiger partial charge in [-0.15, -0.1) is 0 Å². The largest absolute Gasteiger partial charge is 0.370 e. The van der Waals surface area contributed by atoms with Gasteiger partial charge in [-0.1, -0.05) is 6.42 Å². The van der Waals surface area contributed by atoms with E-state index in [4.69, 9.17) is 5.73 Å². The Hall–Kier alpha value is -0.610. The molecule has 1 amide bonds. The molecule has 0 aromatic carbocycles. The quantitative estimate of drug-likeness (QED) is 0.731. The van der Waals surface area contributed by atoms with E-state index in [1.54, 1.807) is 0 Å². The van der Waals surface area contributed by atoms with Crippen molar-refractivity contribution in [1.29, 1.82) is 0 Å². The molecule has 16 heavy (non-hydrogen) atoms.